The summed E-state index contributed by atoms with van der Waals surface area (Å²) in [5, 5.41) is 0. The van der Waals surface area contributed by atoms with E-state index in [1.165, 1.54) is 22.5 Å². The number of sulfonamides is 1. The molecule has 0 radical (unpaired) electrons. The van der Waals surface area contributed by atoms with Gasteiger partial charge in [0.25, 0.3) is 5.91 Å². The van der Waals surface area contributed by atoms with Gasteiger partial charge in [-0.1, -0.05) is 18.2 Å². The molecule has 8 nitrogen and oxygen atoms in total. The molecule has 0 aliphatic carbocycles. The van der Waals surface area contributed by atoms with Crippen LogP contribution in [0.25, 0.3) is 5.65 Å². The van der Waals surface area contributed by atoms with Gasteiger partial charge in [-0.05, 0) is 48.5 Å². The number of carbonyl (C=O) groups excluding carboxylic acids is 1. The summed E-state index contributed by atoms with van der Waals surface area (Å²) in [6, 6.07) is 17.9. The van der Waals surface area contributed by atoms with Crippen LogP contribution in [0.5, 0.6) is 5.75 Å². The Kier molecular flexibility index (Phi) is 6.23. The molecule has 1 aliphatic heterocycles. The summed E-state index contributed by atoms with van der Waals surface area (Å²) in [6.45, 7) is 0.940. The number of hydrogen-bond donors (Lipinski definition) is 0. The smallest absolute Gasteiger partial charge is 0.253 e. The van der Waals surface area contributed by atoms with Crippen LogP contribution in [-0.2, 0) is 16.6 Å². The Morgan fingerprint density at radius 3 is 2.37 bits per heavy atom. The Labute approximate surface area is 202 Å². The van der Waals surface area contributed by atoms with Crippen molar-refractivity contribution in [3.8, 4) is 5.75 Å². The molecule has 35 heavy (non-hydrogen) atoms. The first-order valence-electron chi connectivity index (χ1n) is 11.1. The first kappa shape index (κ1) is 23.0. The quantitative estimate of drug-likeness (QED) is 0.411. The van der Waals surface area contributed by atoms with E-state index in [0.29, 0.717) is 17.9 Å². The van der Waals surface area contributed by atoms with Gasteiger partial charge >= 0.3 is 0 Å². The fourth-order valence-corrected chi connectivity index (χ4v) is 5.50. The van der Waals surface area contributed by atoms with Crippen LogP contribution in [0.1, 0.15) is 16.1 Å². The Morgan fingerprint density at radius 2 is 1.66 bits per heavy atom. The second-order valence-electron chi connectivity index (χ2n) is 8.14. The molecule has 1 aliphatic rings. The Morgan fingerprint density at radius 1 is 0.943 bits per heavy atom. The lowest BCUT2D eigenvalue weighted by Gasteiger charge is -2.34. The van der Waals surface area contributed by atoms with Gasteiger partial charge in [-0.3, -0.25) is 4.79 Å². The van der Waals surface area contributed by atoms with Gasteiger partial charge in [-0.15, -0.1) is 0 Å². The van der Waals surface area contributed by atoms with Crippen LogP contribution in [0.4, 0.5) is 4.39 Å². The second kappa shape index (κ2) is 9.47. The van der Waals surface area contributed by atoms with E-state index in [2.05, 4.69) is 4.98 Å². The zero-order chi connectivity index (χ0) is 24.4. The van der Waals surface area contributed by atoms with Crippen molar-refractivity contribution in [1.29, 1.82) is 0 Å². The maximum absolute atomic E-state index is 14.0. The number of nitrogens with zero attached hydrogens (tertiary/aromatic N) is 4. The molecule has 0 bridgehead atoms. The Hall–Kier alpha value is -3.76. The number of imidazole rings is 1. The van der Waals surface area contributed by atoms with Crippen LogP contribution in [0.3, 0.4) is 0 Å². The molecule has 2 aromatic carbocycles. The number of pyridine rings is 1. The summed E-state index contributed by atoms with van der Waals surface area (Å²) < 4.78 is 48.5. The number of carbonyl (C=O) groups is 1. The number of amides is 1. The molecule has 0 N–H and O–H groups in total. The summed E-state index contributed by atoms with van der Waals surface area (Å²) in [5.74, 6) is -0.367. The number of ether oxygens (including phenoxy) is 1. The van der Waals surface area contributed by atoms with E-state index in [4.69, 9.17) is 4.74 Å². The molecule has 0 saturated carbocycles. The average molecular weight is 495 g/mol. The summed E-state index contributed by atoms with van der Waals surface area (Å²) in [4.78, 5) is 18.7. The van der Waals surface area contributed by atoms with Gasteiger partial charge in [0, 0.05) is 44.1 Å². The maximum Gasteiger partial charge on any atom is 0.253 e. The average Bonchev–Trinajstić information content (AvgIpc) is 3.31. The SMILES string of the molecule is O=C(c1ccc(OCc2cn3ccccc3n2)cc1)N1CCN(S(=O)(=O)c2ccccc2F)CC1. The largest absolute Gasteiger partial charge is 0.487 e. The number of rotatable bonds is 6. The lowest BCUT2D eigenvalue weighted by atomic mass is 10.2. The summed E-state index contributed by atoms with van der Waals surface area (Å²) in [5.41, 5.74) is 2.11. The molecule has 0 atom stereocenters. The van der Waals surface area contributed by atoms with E-state index in [1.807, 2.05) is 35.0 Å². The lowest BCUT2D eigenvalue weighted by molar-refractivity contribution is 0.0697. The van der Waals surface area contributed by atoms with Crippen molar-refractivity contribution in [2.75, 3.05) is 26.2 Å². The van der Waals surface area contributed by atoms with E-state index in [0.717, 1.165) is 17.4 Å². The van der Waals surface area contributed by atoms with Crippen molar-refractivity contribution in [2.45, 2.75) is 11.5 Å². The number of hydrogen-bond acceptors (Lipinski definition) is 5. The molecule has 1 amide bonds. The molecule has 0 unspecified atom stereocenters. The summed E-state index contributed by atoms with van der Waals surface area (Å²) in [7, 11) is -3.95. The van der Waals surface area contributed by atoms with Crippen molar-refractivity contribution in [2.24, 2.45) is 0 Å². The lowest BCUT2D eigenvalue weighted by Crippen LogP contribution is -2.50. The molecular formula is C25H23FN4O4S. The van der Waals surface area contributed by atoms with Crippen LogP contribution in [0.15, 0.2) is 84.0 Å². The molecule has 4 aromatic rings. The van der Waals surface area contributed by atoms with E-state index < -0.39 is 15.8 Å². The zero-order valence-electron chi connectivity index (χ0n) is 18.7. The van der Waals surface area contributed by atoms with Crippen molar-refractivity contribution >= 4 is 21.6 Å². The van der Waals surface area contributed by atoms with Gasteiger partial charge in [-0.2, -0.15) is 4.31 Å². The van der Waals surface area contributed by atoms with Crippen molar-refractivity contribution in [1.82, 2.24) is 18.6 Å². The van der Waals surface area contributed by atoms with Crippen molar-refractivity contribution in [3.05, 3.63) is 96.2 Å². The van der Waals surface area contributed by atoms with Gasteiger partial charge in [-0.25, -0.2) is 17.8 Å². The monoisotopic (exact) mass is 494 g/mol. The van der Waals surface area contributed by atoms with Crippen molar-refractivity contribution < 1.29 is 22.3 Å². The van der Waals surface area contributed by atoms with Gasteiger partial charge in [0.05, 0.1) is 5.69 Å². The number of aromatic nitrogens is 2. The third kappa shape index (κ3) is 4.75. The van der Waals surface area contributed by atoms with Crippen molar-refractivity contribution in [3.63, 3.8) is 0 Å². The predicted octanol–water partition coefficient (Wildman–Crippen LogP) is 3.20. The fourth-order valence-electron chi connectivity index (χ4n) is 4.01. The van der Waals surface area contributed by atoms with Gasteiger partial charge < -0.3 is 14.0 Å². The van der Waals surface area contributed by atoms with Crippen LogP contribution in [-0.4, -0.2) is 59.1 Å². The summed E-state index contributed by atoms with van der Waals surface area (Å²) in [6.07, 6.45) is 3.82. The third-order valence-corrected chi connectivity index (χ3v) is 7.81. The van der Waals surface area contributed by atoms with Crippen LogP contribution in [0.2, 0.25) is 0 Å². The normalized spacial score (nSPS) is 14.8. The molecule has 180 valence electrons. The highest BCUT2D eigenvalue weighted by Gasteiger charge is 2.32. The first-order chi connectivity index (χ1) is 16.9. The van der Waals surface area contributed by atoms with E-state index in [1.54, 1.807) is 29.2 Å². The minimum atomic E-state index is -3.95. The minimum Gasteiger partial charge on any atom is -0.487 e. The third-order valence-electron chi connectivity index (χ3n) is 5.88. The fraction of sp³-hybridized carbons (Fsp3) is 0.200. The molecular weight excluding hydrogens is 471 g/mol. The maximum atomic E-state index is 14.0. The molecule has 3 heterocycles. The second-order valence-corrected chi connectivity index (χ2v) is 10.0. The van der Waals surface area contributed by atoms with Gasteiger partial charge in [0.2, 0.25) is 10.0 Å². The summed E-state index contributed by atoms with van der Waals surface area (Å²) >= 11 is 0. The van der Waals surface area contributed by atoms with Crippen LogP contribution < -0.4 is 4.74 Å². The highest BCUT2D eigenvalue weighted by atomic mass is 32.2. The highest BCUT2D eigenvalue weighted by Crippen LogP contribution is 2.22. The highest BCUT2D eigenvalue weighted by molar-refractivity contribution is 7.89. The van der Waals surface area contributed by atoms with E-state index in [-0.39, 0.29) is 37.0 Å². The molecule has 10 heteroatoms. The molecule has 1 fully saturated rings. The molecule has 0 spiro atoms. The first-order valence-corrected chi connectivity index (χ1v) is 12.6. The molecule has 1 saturated heterocycles. The van der Waals surface area contributed by atoms with E-state index >= 15 is 0 Å². The van der Waals surface area contributed by atoms with Crippen LogP contribution in [0, 0.1) is 5.82 Å². The predicted molar refractivity (Wildman–Crippen MR) is 127 cm³/mol. The molecule has 5 rings (SSSR count). The van der Waals surface area contributed by atoms with Gasteiger partial charge in [0.1, 0.15) is 28.7 Å². The zero-order valence-corrected chi connectivity index (χ0v) is 19.6. The standard InChI is InChI=1S/C25H23FN4O4S/c26-22-5-1-2-6-23(22)35(32,33)30-15-13-28(14-16-30)25(31)19-8-10-21(11-9-19)34-18-20-17-29-12-4-3-7-24(29)27-20/h1-12,17H,13-16,18H2. The Balaban J connectivity index is 1.18. The topological polar surface area (TPSA) is 84.2 Å². The van der Waals surface area contributed by atoms with Crippen LogP contribution >= 0.6 is 0 Å². The molecule has 2 aromatic heterocycles. The van der Waals surface area contributed by atoms with E-state index in [9.17, 15) is 17.6 Å². The number of fused-ring (bicyclic) bond motifs is 1. The minimum absolute atomic E-state index is 0.0998. The number of benzene rings is 2. The Bertz CT molecular complexity index is 1430. The number of halogens is 1. The van der Waals surface area contributed by atoms with Gasteiger partial charge in [0.15, 0.2) is 0 Å². The number of piperazine rings is 1.